The van der Waals surface area contributed by atoms with Gasteiger partial charge in [0.1, 0.15) is 0 Å². The van der Waals surface area contributed by atoms with Gasteiger partial charge >= 0.3 is 0 Å². The molecule has 0 aliphatic heterocycles. The Bertz CT molecular complexity index is 702. The fourth-order valence-electron chi connectivity index (χ4n) is 3.27. The van der Waals surface area contributed by atoms with Gasteiger partial charge in [-0.25, -0.2) is 0 Å². The monoisotopic (exact) mass is 292 g/mol. The second-order valence-corrected chi connectivity index (χ2v) is 12.0. The van der Waals surface area contributed by atoms with Gasteiger partial charge in [0, 0.05) is 0 Å². The van der Waals surface area contributed by atoms with Crippen LogP contribution in [0.15, 0.2) is 48.0 Å². The summed E-state index contributed by atoms with van der Waals surface area (Å²) in [6.07, 6.45) is 4.71. The standard InChI is InChI=1S/C20H24Si/c1-5-15-13-16-9-8-11-17(19(16)14-15)18-10-6-7-12-20(18)21(2,3)4/h6-12,14H,5,13H2,1-4H3. The Labute approximate surface area is 129 Å². The maximum atomic E-state index is 2.43. The number of hydrogen-bond donors (Lipinski definition) is 0. The summed E-state index contributed by atoms with van der Waals surface area (Å²) in [6.45, 7) is 9.56. The molecule has 1 aliphatic carbocycles. The SMILES string of the molecule is CCC1=Cc2c(cccc2-c2ccccc2[Si](C)(C)C)C1. The second-order valence-electron chi connectivity index (χ2n) is 7.01. The summed E-state index contributed by atoms with van der Waals surface area (Å²) in [5, 5.41) is 1.57. The molecule has 0 nitrogen and oxygen atoms in total. The molecule has 2 aromatic carbocycles. The molecule has 0 heterocycles. The number of allylic oxidation sites excluding steroid dienone is 1. The van der Waals surface area contributed by atoms with E-state index in [2.05, 4.69) is 75.1 Å². The summed E-state index contributed by atoms with van der Waals surface area (Å²) in [6, 6.07) is 15.8. The first kappa shape index (κ1) is 14.3. The Balaban J connectivity index is 2.21. The number of rotatable bonds is 3. The highest BCUT2D eigenvalue weighted by molar-refractivity contribution is 6.89. The van der Waals surface area contributed by atoms with E-state index in [4.69, 9.17) is 0 Å². The molecule has 0 atom stereocenters. The number of fused-ring (bicyclic) bond motifs is 1. The van der Waals surface area contributed by atoms with E-state index in [1.165, 1.54) is 22.3 Å². The maximum absolute atomic E-state index is 2.43. The molecule has 108 valence electrons. The third-order valence-corrected chi connectivity index (χ3v) is 6.49. The maximum Gasteiger partial charge on any atom is 0.0784 e. The number of hydrogen-bond acceptors (Lipinski definition) is 0. The molecule has 0 amide bonds. The van der Waals surface area contributed by atoms with E-state index in [0.717, 1.165) is 12.8 Å². The Kier molecular flexibility index (Phi) is 3.62. The van der Waals surface area contributed by atoms with Crippen molar-refractivity contribution in [1.29, 1.82) is 0 Å². The van der Waals surface area contributed by atoms with Gasteiger partial charge in [-0.3, -0.25) is 0 Å². The van der Waals surface area contributed by atoms with Crippen molar-refractivity contribution in [3.8, 4) is 11.1 Å². The molecular weight excluding hydrogens is 268 g/mol. The fourth-order valence-corrected chi connectivity index (χ4v) is 4.89. The van der Waals surface area contributed by atoms with E-state index in [1.54, 1.807) is 10.8 Å². The van der Waals surface area contributed by atoms with Crippen LogP contribution >= 0.6 is 0 Å². The Morgan fingerprint density at radius 1 is 0.905 bits per heavy atom. The molecule has 0 unspecified atom stereocenters. The molecule has 0 saturated carbocycles. The first-order chi connectivity index (χ1) is 10.0. The van der Waals surface area contributed by atoms with Crippen molar-refractivity contribution in [2.75, 3.05) is 0 Å². The summed E-state index contributed by atoms with van der Waals surface area (Å²) < 4.78 is 0. The summed E-state index contributed by atoms with van der Waals surface area (Å²) in [7, 11) is -1.34. The average Bonchev–Trinajstić information content (AvgIpc) is 2.89. The lowest BCUT2D eigenvalue weighted by Crippen LogP contribution is -2.38. The van der Waals surface area contributed by atoms with Crippen LogP contribution < -0.4 is 5.19 Å². The van der Waals surface area contributed by atoms with Crippen LogP contribution in [0.3, 0.4) is 0 Å². The van der Waals surface area contributed by atoms with Crippen molar-refractivity contribution in [1.82, 2.24) is 0 Å². The first-order valence-electron chi connectivity index (χ1n) is 7.92. The third-order valence-electron chi connectivity index (χ3n) is 4.44. The number of benzene rings is 2. The van der Waals surface area contributed by atoms with Crippen molar-refractivity contribution < 1.29 is 0 Å². The molecule has 0 fully saturated rings. The zero-order valence-corrected chi connectivity index (χ0v) is 14.5. The predicted octanol–water partition coefficient (Wildman–Crippen LogP) is 5.25. The lowest BCUT2D eigenvalue weighted by atomic mass is 9.97. The molecule has 3 rings (SSSR count). The summed E-state index contributed by atoms with van der Waals surface area (Å²) in [5.41, 5.74) is 7.38. The van der Waals surface area contributed by atoms with Gasteiger partial charge < -0.3 is 0 Å². The molecular formula is C20H24Si. The van der Waals surface area contributed by atoms with E-state index in [1.807, 2.05) is 0 Å². The van der Waals surface area contributed by atoms with Crippen LogP contribution in [-0.2, 0) is 6.42 Å². The van der Waals surface area contributed by atoms with E-state index in [9.17, 15) is 0 Å². The van der Waals surface area contributed by atoms with Gasteiger partial charge in [-0.15, -0.1) is 0 Å². The largest absolute Gasteiger partial charge is 0.0784 e. The van der Waals surface area contributed by atoms with Crippen molar-refractivity contribution in [3.05, 3.63) is 59.2 Å². The highest BCUT2D eigenvalue weighted by Gasteiger charge is 2.23. The van der Waals surface area contributed by atoms with Crippen LogP contribution in [0.2, 0.25) is 19.6 Å². The minimum atomic E-state index is -1.34. The van der Waals surface area contributed by atoms with Gasteiger partial charge in [0.2, 0.25) is 0 Å². The van der Waals surface area contributed by atoms with Crippen molar-refractivity contribution in [2.45, 2.75) is 39.4 Å². The lowest BCUT2D eigenvalue weighted by molar-refractivity contribution is 1.04. The molecule has 1 aliphatic rings. The fraction of sp³-hybridized carbons (Fsp3) is 0.300. The quantitative estimate of drug-likeness (QED) is 0.678. The summed E-state index contributed by atoms with van der Waals surface area (Å²) >= 11 is 0. The van der Waals surface area contributed by atoms with E-state index in [-0.39, 0.29) is 0 Å². The summed E-state index contributed by atoms with van der Waals surface area (Å²) in [5.74, 6) is 0. The zero-order valence-electron chi connectivity index (χ0n) is 13.5. The zero-order chi connectivity index (χ0) is 15.0. The average molecular weight is 292 g/mol. The Morgan fingerprint density at radius 2 is 1.62 bits per heavy atom. The first-order valence-corrected chi connectivity index (χ1v) is 11.4. The van der Waals surface area contributed by atoms with Gasteiger partial charge in [0.15, 0.2) is 0 Å². The highest BCUT2D eigenvalue weighted by Crippen LogP contribution is 2.34. The normalized spacial score (nSPS) is 14.0. The summed E-state index contributed by atoms with van der Waals surface area (Å²) in [4.78, 5) is 0. The molecule has 2 aromatic rings. The van der Waals surface area contributed by atoms with Crippen LogP contribution in [0.25, 0.3) is 17.2 Å². The van der Waals surface area contributed by atoms with Crippen LogP contribution in [0.5, 0.6) is 0 Å². The van der Waals surface area contributed by atoms with Gasteiger partial charge in [0.05, 0.1) is 8.07 Å². The lowest BCUT2D eigenvalue weighted by Gasteiger charge is -2.22. The topological polar surface area (TPSA) is 0 Å². The molecule has 0 spiro atoms. The molecule has 21 heavy (non-hydrogen) atoms. The third kappa shape index (κ3) is 2.63. The van der Waals surface area contributed by atoms with Crippen LogP contribution in [0.4, 0.5) is 0 Å². The molecule has 1 heteroatoms. The van der Waals surface area contributed by atoms with Gasteiger partial charge in [-0.05, 0) is 35.1 Å². The molecule has 0 radical (unpaired) electrons. The van der Waals surface area contributed by atoms with Crippen molar-refractivity contribution in [3.63, 3.8) is 0 Å². The molecule has 0 N–H and O–H groups in total. The minimum Gasteiger partial charge on any atom is -0.0656 e. The minimum absolute atomic E-state index is 1.13. The Hall–Kier alpha value is -1.60. The smallest absolute Gasteiger partial charge is 0.0656 e. The Morgan fingerprint density at radius 3 is 2.33 bits per heavy atom. The predicted molar refractivity (Wildman–Crippen MR) is 96.8 cm³/mol. The van der Waals surface area contributed by atoms with Gasteiger partial charge in [-0.2, -0.15) is 0 Å². The van der Waals surface area contributed by atoms with Crippen LogP contribution in [0.1, 0.15) is 24.5 Å². The molecule has 0 aromatic heterocycles. The van der Waals surface area contributed by atoms with E-state index < -0.39 is 8.07 Å². The van der Waals surface area contributed by atoms with E-state index >= 15 is 0 Å². The van der Waals surface area contributed by atoms with Crippen molar-refractivity contribution in [2.24, 2.45) is 0 Å². The molecule has 0 saturated heterocycles. The van der Waals surface area contributed by atoms with E-state index in [0.29, 0.717) is 0 Å². The van der Waals surface area contributed by atoms with Gasteiger partial charge in [-0.1, -0.05) is 85.9 Å². The van der Waals surface area contributed by atoms with Crippen molar-refractivity contribution >= 4 is 19.3 Å². The van der Waals surface area contributed by atoms with Crippen LogP contribution in [0, 0.1) is 0 Å². The van der Waals surface area contributed by atoms with Gasteiger partial charge in [0.25, 0.3) is 0 Å². The highest BCUT2D eigenvalue weighted by atomic mass is 28.3. The van der Waals surface area contributed by atoms with Crippen LogP contribution in [-0.4, -0.2) is 8.07 Å². The second kappa shape index (κ2) is 5.30. The molecule has 0 bridgehead atoms.